The second-order valence-corrected chi connectivity index (χ2v) is 5.25. The minimum absolute atomic E-state index is 0.0220. The lowest BCUT2D eigenvalue weighted by Crippen LogP contribution is -2.29. The summed E-state index contributed by atoms with van der Waals surface area (Å²) in [6, 6.07) is 3.29. The number of ether oxygens (including phenoxy) is 1. The van der Waals surface area contributed by atoms with Gasteiger partial charge in [-0.05, 0) is 28.1 Å². The van der Waals surface area contributed by atoms with Crippen LogP contribution in [0.4, 0.5) is 5.69 Å². The number of amides is 1. The van der Waals surface area contributed by atoms with E-state index in [1.807, 2.05) is 0 Å². The van der Waals surface area contributed by atoms with Gasteiger partial charge in [-0.2, -0.15) is 0 Å². The largest absolute Gasteiger partial charge is 0.477 e. The molecule has 0 spiro atoms. The number of halogens is 2. The van der Waals surface area contributed by atoms with E-state index in [-0.39, 0.29) is 5.91 Å². The Morgan fingerprint density at radius 3 is 2.82 bits per heavy atom. The highest BCUT2D eigenvalue weighted by Crippen LogP contribution is 2.36. The molecule has 1 amide bonds. The maximum absolute atomic E-state index is 11.7. The van der Waals surface area contributed by atoms with E-state index in [1.54, 1.807) is 24.1 Å². The van der Waals surface area contributed by atoms with Crippen molar-refractivity contribution in [2.24, 2.45) is 0 Å². The van der Waals surface area contributed by atoms with Crippen molar-refractivity contribution < 1.29 is 9.53 Å². The van der Waals surface area contributed by atoms with E-state index in [4.69, 9.17) is 22.1 Å². The molecule has 2 rings (SSSR count). The van der Waals surface area contributed by atoms with Gasteiger partial charge in [-0.3, -0.25) is 4.79 Å². The van der Waals surface area contributed by atoms with Gasteiger partial charge in [0.15, 0.2) is 11.9 Å². The van der Waals surface area contributed by atoms with E-state index in [2.05, 4.69) is 15.9 Å². The zero-order chi connectivity index (χ0) is 12.6. The van der Waals surface area contributed by atoms with E-state index >= 15 is 0 Å². The molecule has 1 atom stereocenters. The molecule has 0 radical (unpaired) electrons. The van der Waals surface area contributed by atoms with Crippen molar-refractivity contribution >= 4 is 39.1 Å². The minimum atomic E-state index is -0.459. The Bertz CT molecular complexity index is 444. The van der Waals surface area contributed by atoms with Crippen LogP contribution in [-0.4, -0.2) is 30.5 Å². The summed E-state index contributed by atoms with van der Waals surface area (Å²) in [7, 11) is 1.76. The van der Waals surface area contributed by atoms with E-state index in [0.717, 1.165) is 0 Å². The molecule has 17 heavy (non-hydrogen) atoms. The maximum atomic E-state index is 11.7. The fourth-order valence-corrected chi connectivity index (χ4v) is 2.67. The molecule has 6 heteroatoms. The topological polar surface area (TPSA) is 55.6 Å². The highest BCUT2D eigenvalue weighted by Gasteiger charge is 2.31. The molecular formula is C11H12BrClN2O2. The Balaban J connectivity index is 2.22. The molecular weight excluding hydrogens is 307 g/mol. The Kier molecular flexibility index (Phi) is 3.49. The smallest absolute Gasteiger partial charge is 0.263 e. The third kappa shape index (κ3) is 2.50. The molecule has 4 nitrogen and oxygen atoms in total. The summed E-state index contributed by atoms with van der Waals surface area (Å²) >= 11 is 9.18. The monoisotopic (exact) mass is 318 g/mol. The summed E-state index contributed by atoms with van der Waals surface area (Å²) in [5.74, 6) is 0.453. The number of likely N-dealkylation sites (tertiary alicyclic amines) is 1. The van der Waals surface area contributed by atoms with Crippen molar-refractivity contribution in [2.75, 3.05) is 19.3 Å². The van der Waals surface area contributed by atoms with E-state index in [0.29, 0.717) is 33.9 Å². The van der Waals surface area contributed by atoms with Crippen molar-refractivity contribution in [1.82, 2.24) is 4.90 Å². The molecule has 1 aliphatic rings. The van der Waals surface area contributed by atoms with Crippen LogP contribution in [0.15, 0.2) is 16.6 Å². The van der Waals surface area contributed by atoms with E-state index in [1.165, 1.54) is 0 Å². The van der Waals surface area contributed by atoms with E-state index in [9.17, 15) is 4.79 Å². The SMILES string of the molecule is CN1CCC(Oc2c(N)cc(Cl)cc2Br)C1=O. The summed E-state index contributed by atoms with van der Waals surface area (Å²) in [5.41, 5.74) is 6.24. The number of anilines is 1. The molecule has 1 unspecified atom stereocenters. The van der Waals surface area contributed by atoms with Crippen molar-refractivity contribution in [3.63, 3.8) is 0 Å². The third-order valence-corrected chi connectivity index (χ3v) is 3.48. The van der Waals surface area contributed by atoms with Crippen LogP contribution >= 0.6 is 27.5 Å². The summed E-state index contributed by atoms with van der Waals surface area (Å²) in [4.78, 5) is 13.4. The zero-order valence-corrected chi connectivity index (χ0v) is 11.6. The molecule has 0 aromatic heterocycles. The quantitative estimate of drug-likeness (QED) is 0.851. The second-order valence-electron chi connectivity index (χ2n) is 3.96. The number of nitrogens with zero attached hydrogens (tertiary/aromatic N) is 1. The number of hydrogen-bond acceptors (Lipinski definition) is 3. The Morgan fingerprint density at radius 2 is 2.29 bits per heavy atom. The van der Waals surface area contributed by atoms with Crippen molar-refractivity contribution in [3.05, 3.63) is 21.6 Å². The molecule has 1 aromatic rings. The Hall–Kier alpha value is -0.940. The van der Waals surface area contributed by atoms with Gasteiger partial charge in [-0.15, -0.1) is 0 Å². The number of likely N-dealkylation sites (N-methyl/N-ethyl adjacent to an activating group) is 1. The van der Waals surface area contributed by atoms with Gasteiger partial charge < -0.3 is 15.4 Å². The number of nitrogens with two attached hydrogens (primary N) is 1. The first kappa shape index (κ1) is 12.5. The normalized spacial score (nSPS) is 19.8. The lowest BCUT2D eigenvalue weighted by atomic mass is 10.2. The number of nitrogen functional groups attached to an aromatic ring is 1. The van der Waals surface area contributed by atoms with Gasteiger partial charge in [0.25, 0.3) is 5.91 Å². The number of benzene rings is 1. The van der Waals surface area contributed by atoms with Crippen LogP contribution < -0.4 is 10.5 Å². The average Bonchev–Trinajstić information content (AvgIpc) is 2.54. The third-order valence-electron chi connectivity index (χ3n) is 2.68. The van der Waals surface area contributed by atoms with Crippen molar-refractivity contribution in [2.45, 2.75) is 12.5 Å². The predicted molar refractivity (Wildman–Crippen MR) is 70.2 cm³/mol. The number of carbonyl (C=O) groups excluding carboxylic acids is 1. The standard InChI is InChI=1S/C11H12BrClN2O2/c1-15-3-2-9(11(15)16)17-10-7(12)4-6(13)5-8(10)14/h4-5,9H,2-3,14H2,1H3. The van der Waals surface area contributed by atoms with Crippen molar-refractivity contribution in [1.29, 1.82) is 0 Å². The van der Waals surface area contributed by atoms with Crippen molar-refractivity contribution in [3.8, 4) is 5.75 Å². The number of rotatable bonds is 2. The fourth-order valence-electron chi connectivity index (χ4n) is 1.75. The van der Waals surface area contributed by atoms with Gasteiger partial charge in [0.2, 0.25) is 0 Å². The van der Waals surface area contributed by atoms with Crippen LogP contribution in [0.5, 0.6) is 5.75 Å². The van der Waals surface area contributed by atoms with Gasteiger partial charge in [0.05, 0.1) is 10.2 Å². The molecule has 0 bridgehead atoms. The first-order valence-corrected chi connectivity index (χ1v) is 6.32. The molecule has 92 valence electrons. The summed E-state index contributed by atoms with van der Waals surface area (Å²) in [5, 5.41) is 0.525. The molecule has 1 saturated heterocycles. The molecule has 1 aromatic carbocycles. The first-order valence-electron chi connectivity index (χ1n) is 5.15. The van der Waals surface area contributed by atoms with Gasteiger partial charge in [-0.25, -0.2) is 0 Å². The molecule has 0 saturated carbocycles. The average molecular weight is 320 g/mol. The molecule has 0 aliphatic carbocycles. The van der Waals surface area contributed by atoms with Crippen LogP contribution in [-0.2, 0) is 4.79 Å². The second kappa shape index (κ2) is 4.74. The molecule has 1 aliphatic heterocycles. The summed E-state index contributed by atoms with van der Waals surface area (Å²) in [6.07, 6.45) is 0.212. The Morgan fingerprint density at radius 1 is 1.59 bits per heavy atom. The maximum Gasteiger partial charge on any atom is 0.263 e. The molecule has 1 heterocycles. The summed E-state index contributed by atoms with van der Waals surface area (Å²) in [6.45, 7) is 0.703. The van der Waals surface area contributed by atoms with Gasteiger partial charge in [0.1, 0.15) is 0 Å². The predicted octanol–water partition coefficient (Wildman–Crippen LogP) is 2.29. The van der Waals surface area contributed by atoms with Crippen LogP contribution in [0.2, 0.25) is 5.02 Å². The molecule has 2 N–H and O–H groups in total. The highest BCUT2D eigenvalue weighted by molar-refractivity contribution is 9.10. The number of carbonyl (C=O) groups is 1. The van der Waals surface area contributed by atoms with Crippen LogP contribution in [0.25, 0.3) is 0 Å². The fraction of sp³-hybridized carbons (Fsp3) is 0.364. The van der Waals surface area contributed by atoms with Crippen LogP contribution in [0.3, 0.4) is 0 Å². The van der Waals surface area contributed by atoms with Crippen LogP contribution in [0.1, 0.15) is 6.42 Å². The Labute approximate surface area is 113 Å². The van der Waals surface area contributed by atoms with Gasteiger partial charge in [-0.1, -0.05) is 11.6 Å². The lowest BCUT2D eigenvalue weighted by Gasteiger charge is -2.16. The van der Waals surface area contributed by atoms with E-state index < -0.39 is 6.10 Å². The zero-order valence-electron chi connectivity index (χ0n) is 9.24. The molecule has 1 fully saturated rings. The van der Waals surface area contributed by atoms with Gasteiger partial charge in [0, 0.05) is 25.0 Å². The highest BCUT2D eigenvalue weighted by atomic mass is 79.9. The lowest BCUT2D eigenvalue weighted by molar-refractivity contribution is -0.132. The number of hydrogen-bond donors (Lipinski definition) is 1. The first-order chi connectivity index (χ1) is 7.99. The van der Waals surface area contributed by atoms with Crippen LogP contribution in [0, 0.1) is 0 Å². The minimum Gasteiger partial charge on any atom is -0.477 e. The summed E-state index contributed by atoms with van der Waals surface area (Å²) < 4.78 is 6.31. The van der Waals surface area contributed by atoms with Gasteiger partial charge >= 0.3 is 0 Å².